The van der Waals surface area contributed by atoms with Gasteiger partial charge in [-0.15, -0.1) is 0 Å². The summed E-state index contributed by atoms with van der Waals surface area (Å²) < 4.78 is 5.55. The molecule has 4 nitrogen and oxygen atoms in total. The van der Waals surface area contributed by atoms with E-state index in [0.717, 1.165) is 12.8 Å². The Balaban J connectivity index is 1.92. The summed E-state index contributed by atoms with van der Waals surface area (Å²) in [4.78, 5) is 17.7. The SMILES string of the molecule is [C-]#[N+]CC1(C(C)(C)C)CCN(C(=O)OC(C)C2CC2)CC1. The number of amides is 1. The van der Waals surface area contributed by atoms with E-state index in [-0.39, 0.29) is 23.0 Å². The maximum absolute atomic E-state index is 12.2. The lowest BCUT2D eigenvalue weighted by atomic mass is 9.61. The van der Waals surface area contributed by atoms with E-state index in [1.807, 2.05) is 11.8 Å². The molecule has 0 aromatic rings. The number of likely N-dealkylation sites (tertiary alicyclic amines) is 1. The Hall–Kier alpha value is -1.24. The predicted molar refractivity (Wildman–Crippen MR) is 82.8 cm³/mol. The Morgan fingerprint density at radius 3 is 2.38 bits per heavy atom. The third-order valence-electron chi connectivity index (χ3n) is 5.52. The van der Waals surface area contributed by atoms with Gasteiger partial charge in [0, 0.05) is 13.1 Å². The van der Waals surface area contributed by atoms with Gasteiger partial charge in [-0.3, -0.25) is 0 Å². The van der Waals surface area contributed by atoms with E-state index < -0.39 is 0 Å². The highest BCUT2D eigenvalue weighted by Crippen LogP contribution is 2.47. The molecule has 118 valence electrons. The number of ether oxygens (including phenoxy) is 1. The van der Waals surface area contributed by atoms with Crippen LogP contribution < -0.4 is 0 Å². The molecule has 4 heteroatoms. The van der Waals surface area contributed by atoms with Crippen molar-refractivity contribution < 1.29 is 9.53 Å². The molecule has 2 fully saturated rings. The van der Waals surface area contributed by atoms with Crippen molar-refractivity contribution in [3.63, 3.8) is 0 Å². The quantitative estimate of drug-likeness (QED) is 0.738. The molecular formula is C17H28N2O2. The smallest absolute Gasteiger partial charge is 0.410 e. The number of hydrogen-bond donors (Lipinski definition) is 0. The highest BCUT2D eigenvalue weighted by atomic mass is 16.6. The second-order valence-electron chi connectivity index (χ2n) is 7.76. The van der Waals surface area contributed by atoms with Crippen LogP contribution in [0.15, 0.2) is 0 Å². The Labute approximate surface area is 128 Å². The molecule has 1 saturated carbocycles. The fourth-order valence-corrected chi connectivity index (χ4v) is 3.31. The van der Waals surface area contributed by atoms with Gasteiger partial charge in [0.15, 0.2) is 0 Å². The largest absolute Gasteiger partial charge is 0.446 e. The normalized spacial score (nSPS) is 23.3. The van der Waals surface area contributed by atoms with Crippen LogP contribution in [-0.2, 0) is 4.74 Å². The average Bonchev–Trinajstić information content (AvgIpc) is 3.22. The minimum Gasteiger partial charge on any atom is -0.446 e. The lowest BCUT2D eigenvalue weighted by molar-refractivity contribution is 0.00458. The van der Waals surface area contributed by atoms with Gasteiger partial charge in [0.25, 0.3) is 0 Å². The zero-order valence-electron chi connectivity index (χ0n) is 13.8. The molecule has 0 bridgehead atoms. The molecular weight excluding hydrogens is 264 g/mol. The summed E-state index contributed by atoms with van der Waals surface area (Å²) in [6.07, 6.45) is 4.05. The van der Waals surface area contributed by atoms with Crippen molar-refractivity contribution in [2.24, 2.45) is 16.7 Å². The van der Waals surface area contributed by atoms with Gasteiger partial charge >= 0.3 is 6.09 Å². The van der Waals surface area contributed by atoms with Crippen LogP contribution in [0.2, 0.25) is 0 Å². The minimum atomic E-state index is -0.167. The van der Waals surface area contributed by atoms with Gasteiger partial charge in [-0.25, -0.2) is 11.4 Å². The lowest BCUT2D eigenvalue weighted by Crippen LogP contribution is -2.50. The number of carbonyl (C=O) groups excluding carboxylic acids is 1. The van der Waals surface area contributed by atoms with Gasteiger partial charge in [0.2, 0.25) is 6.54 Å². The summed E-state index contributed by atoms with van der Waals surface area (Å²) in [6.45, 7) is 17.8. The van der Waals surface area contributed by atoms with Gasteiger partial charge in [0.05, 0.1) is 5.41 Å². The van der Waals surface area contributed by atoms with Gasteiger partial charge in [-0.1, -0.05) is 20.8 Å². The maximum Gasteiger partial charge on any atom is 0.410 e. The summed E-state index contributed by atoms with van der Waals surface area (Å²) in [5.74, 6) is 0.578. The fraction of sp³-hybridized carbons (Fsp3) is 0.882. The second-order valence-corrected chi connectivity index (χ2v) is 7.76. The first-order chi connectivity index (χ1) is 9.79. The average molecular weight is 292 g/mol. The van der Waals surface area contributed by atoms with Crippen LogP contribution in [-0.4, -0.2) is 36.7 Å². The van der Waals surface area contributed by atoms with Gasteiger partial charge in [-0.05, 0) is 43.9 Å². The maximum atomic E-state index is 12.2. The molecule has 0 aromatic heterocycles. The number of hydrogen-bond acceptors (Lipinski definition) is 2. The third kappa shape index (κ3) is 3.51. The molecule has 2 aliphatic rings. The number of carbonyl (C=O) groups is 1. The van der Waals surface area contributed by atoms with Crippen molar-refractivity contribution in [2.75, 3.05) is 19.6 Å². The first kappa shape index (κ1) is 16.1. The minimum absolute atomic E-state index is 0.0215. The Kier molecular flexibility index (Phi) is 4.51. The van der Waals surface area contributed by atoms with Crippen LogP contribution in [0.25, 0.3) is 4.85 Å². The number of nitrogens with zero attached hydrogens (tertiary/aromatic N) is 2. The molecule has 1 unspecified atom stereocenters. The van der Waals surface area contributed by atoms with Crippen molar-refractivity contribution in [1.29, 1.82) is 0 Å². The van der Waals surface area contributed by atoms with E-state index in [4.69, 9.17) is 11.3 Å². The standard InChI is InChI=1S/C17H28N2O2/c1-13(14-6-7-14)21-15(20)19-10-8-17(9-11-19,12-18-5)16(2,3)4/h13-14H,6-12H2,1-4H3. The number of piperidine rings is 1. The molecule has 1 aliphatic carbocycles. The van der Waals surface area contributed by atoms with Crippen LogP contribution in [0.5, 0.6) is 0 Å². The summed E-state index contributed by atoms with van der Waals surface area (Å²) in [5, 5.41) is 0. The molecule has 0 N–H and O–H groups in total. The Morgan fingerprint density at radius 1 is 1.38 bits per heavy atom. The Morgan fingerprint density at radius 2 is 1.95 bits per heavy atom. The molecule has 1 aliphatic heterocycles. The summed E-state index contributed by atoms with van der Waals surface area (Å²) in [5.41, 5.74) is 0.114. The second kappa shape index (κ2) is 5.87. The molecule has 2 rings (SSSR count). The molecule has 21 heavy (non-hydrogen) atoms. The first-order valence-corrected chi connectivity index (χ1v) is 8.08. The van der Waals surface area contributed by atoms with Crippen molar-refractivity contribution in [2.45, 2.75) is 59.5 Å². The molecule has 0 radical (unpaired) electrons. The van der Waals surface area contributed by atoms with E-state index in [1.54, 1.807) is 0 Å². The lowest BCUT2D eigenvalue weighted by Gasteiger charge is -2.46. The molecule has 1 heterocycles. The molecule has 1 saturated heterocycles. The van der Waals surface area contributed by atoms with Gasteiger partial charge in [-0.2, -0.15) is 0 Å². The van der Waals surface area contributed by atoms with E-state index in [9.17, 15) is 4.79 Å². The van der Waals surface area contributed by atoms with Crippen LogP contribution in [0.1, 0.15) is 53.4 Å². The van der Waals surface area contributed by atoms with Crippen LogP contribution in [0, 0.1) is 23.3 Å². The Bertz CT molecular complexity index is 421. The predicted octanol–water partition coefficient (Wildman–Crippen LogP) is 3.97. The summed E-state index contributed by atoms with van der Waals surface area (Å²) >= 11 is 0. The van der Waals surface area contributed by atoms with Crippen LogP contribution >= 0.6 is 0 Å². The van der Waals surface area contributed by atoms with E-state index in [0.29, 0.717) is 25.6 Å². The third-order valence-corrected chi connectivity index (χ3v) is 5.52. The monoisotopic (exact) mass is 292 g/mol. The van der Waals surface area contributed by atoms with Crippen LogP contribution in [0.4, 0.5) is 4.79 Å². The van der Waals surface area contributed by atoms with Gasteiger partial charge in [0.1, 0.15) is 6.10 Å². The molecule has 0 spiro atoms. The first-order valence-electron chi connectivity index (χ1n) is 8.08. The zero-order valence-corrected chi connectivity index (χ0v) is 13.8. The van der Waals surface area contributed by atoms with E-state index in [1.165, 1.54) is 12.8 Å². The highest BCUT2D eigenvalue weighted by Gasteiger charge is 2.47. The molecule has 0 aromatic carbocycles. The van der Waals surface area contributed by atoms with E-state index >= 15 is 0 Å². The zero-order chi connectivity index (χ0) is 15.7. The van der Waals surface area contributed by atoms with Crippen molar-refractivity contribution in [3.8, 4) is 0 Å². The fourth-order valence-electron chi connectivity index (χ4n) is 3.31. The highest BCUT2D eigenvalue weighted by molar-refractivity contribution is 5.68. The summed E-state index contributed by atoms with van der Waals surface area (Å²) in [6, 6.07) is 0. The van der Waals surface area contributed by atoms with Crippen molar-refractivity contribution in [1.82, 2.24) is 4.90 Å². The topological polar surface area (TPSA) is 33.9 Å². The molecule has 1 atom stereocenters. The van der Waals surface area contributed by atoms with Crippen molar-refractivity contribution >= 4 is 6.09 Å². The van der Waals surface area contributed by atoms with Crippen molar-refractivity contribution in [3.05, 3.63) is 11.4 Å². The number of rotatable bonds is 3. The van der Waals surface area contributed by atoms with E-state index in [2.05, 4.69) is 25.6 Å². The van der Waals surface area contributed by atoms with Gasteiger partial charge < -0.3 is 14.5 Å². The molecule has 1 amide bonds. The van der Waals surface area contributed by atoms with Crippen LogP contribution in [0.3, 0.4) is 0 Å². The summed E-state index contributed by atoms with van der Waals surface area (Å²) in [7, 11) is 0.